The Morgan fingerprint density at radius 3 is 3.13 bits per heavy atom. The van der Waals surface area contributed by atoms with Gasteiger partial charge in [-0.3, -0.25) is 0 Å². The maximum Gasteiger partial charge on any atom is 0.0300 e. The van der Waals surface area contributed by atoms with Gasteiger partial charge in [0.15, 0.2) is 0 Å². The van der Waals surface area contributed by atoms with Crippen molar-refractivity contribution in [2.24, 2.45) is 0 Å². The molecule has 2 heterocycles. The first-order chi connectivity index (χ1) is 7.34. The van der Waals surface area contributed by atoms with E-state index >= 15 is 0 Å². The summed E-state index contributed by atoms with van der Waals surface area (Å²) in [5.41, 5.74) is 0. The Bertz CT molecular complexity index is 293. The summed E-state index contributed by atoms with van der Waals surface area (Å²) in [6.07, 6.45) is 0. The van der Waals surface area contributed by atoms with Gasteiger partial charge in [0.25, 0.3) is 0 Å². The molecule has 15 heavy (non-hydrogen) atoms. The first-order valence-electron chi connectivity index (χ1n) is 5.42. The standard InChI is InChI=1S/C11H18N2S2/c1-9-2-3-11(15-9)7-12-6-10-8-14-5-4-13-10/h2-3,10,12-13H,4-8H2,1H3. The molecule has 2 N–H and O–H groups in total. The van der Waals surface area contributed by atoms with E-state index in [1.165, 1.54) is 21.3 Å². The highest BCUT2D eigenvalue weighted by Crippen LogP contribution is 2.14. The third-order valence-electron chi connectivity index (χ3n) is 2.48. The summed E-state index contributed by atoms with van der Waals surface area (Å²) in [7, 11) is 0. The average Bonchev–Trinajstić information content (AvgIpc) is 2.66. The van der Waals surface area contributed by atoms with Gasteiger partial charge in [-0.2, -0.15) is 11.8 Å². The molecule has 1 aliphatic rings. The number of nitrogens with one attached hydrogen (secondary N) is 2. The van der Waals surface area contributed by atoms with Crippen LogP contribution in [0.3, 0.4) is 0 Å². The van der Waals surface area contributed by atoms with Crippen LogP contribution in [-0.2, 0) is 6.54 Å². The molecule has 0 radical (unpaired) electrons. The summed E-state index contributed by atoms with van der Waals surface area (Å²) in [6, 6.07) is 5.07. The molecule has 4 heteroatoms. The Labute approximate surface area is 99.8 Å². The molecule has 84 valence electrons. The van der Waals surface area contributed by atoms with Crippen LogP contribution in [0.2, 0.25) is 0 Å². The highest BCUT2D eigenvalue weighted by molar-refractivity contribution is 7.99. The van der Waals surface area contributed by atoms with Crippen LogP contribution in [0.5, 0.6) is 0 Å². The highest BCUT2D eigenvalue weighted by Gasteiger charge is 2.11. The Balaban J connectivity index is 1.65. The Kier molecular flexibility index (Phi) is 4.50. The molecule has 0 aromatic carbocycles. The van der Waals surface area contributed by atoms with Crippen LogP contribution >= 0.6 is 23.1 Å². The maximum atomic E-state index is 3.53. The lowest BCUT2D eigenvalue weighted by molar-refractivity contribution is 0.515. The molecule has 0 bridgehead atoms. The molecular weight excluding hydrogens is 224 g/mol. The normalized spacial score (nSPS) is 21.8. The highest BCUT2D eigenvalue weighted by atomic mass is 32.2. The number of thiophene rings is 1. The number of aryl methyl sites for hydroxylation is 1. The first-order valence-corrected chi connectivity index (χ1v) is 7.39. The molecule has 0 saturated carbocycles. The third-order valence-corrected chi connectivity index (χ3v) is 4.62. The van der Waals surface area contributed by atoms with E-state index in [1.807, 2.05) is 11.3 Å². The summed E-state index contributed by atoms with van der Waals surface area (Å²) in [4.78, 5) is 2.84. The zero-order valence-electron chi connectivity index (χ0n) is 9.08. The predicted molar refractivity (Wildman–Crippen MR) is 69.9 cm³/mol. The number of thioether (sulfide) groups is 1. The summed E-state index contributed by atoms with van der Waals surface area (Å²) >= 11 is 3.94. The van der Waals surface area contributed by atoms with Crippen LogP contribution in [0.4, 0.5) is 0 Å². The van der Waals surface area contributed by atoms with Gasteiger partial charge < -0.3 is 10.6 Å². The van der Waals surface area contributed by atoms with Crippen molar-refractivity contribution in [1.82, 2.24) is 10.6 Å². The molecule has 1 fully saturated rings. The minimum absolute atomic E-state index is 0.657. The molecule has 1 aliphatic heterocycles. The summed E-state index contributed by atoms with van der Waals surface area (Å²) < 4.78 is 0. The molecule has 1 aromatic heterocycles. The van der Waals surface area contributed by atoms with Gasteiger partial charge in [0.2, 0.25) is 0 Å². The van der Waals surface area contributed by atoms with Crippen molar-refractivity contribution in [3.8, 4) is 0 Å². The molecule has 0 spiro atoms. The average molecular weight is 242 g/mol. The molecule has 1 atom stereocenters. The van der Waals surface area contributed by atoms with E-state index in [1.54, 1.807) is 0 Å². The number of hydrogen-bond donors (Lipinski definition) is 2. The Hall–Kier alpha value is -0.0300. The van der Waals surface area contributed by atoms with E-state index < -0.39 is 0 Å². The quantitative estimate of drug-likeness (QED) is 0.842. The maximum absolute atomic E-state index is 3.53. The molecular formula is C11H18N2S2. The molecule has 2 rings (SSSR count). The predicted octanol–water partition coefficient (Wildman–Crippen LogP) is 1.85. The van der Waals surface area contributed by atoms with Gasteiger partial charge in [-0.25, -0.2) is 0 Å². The van der Waals surface area contributed by atoms with Gasteiger partial charge in [-0.15, -0.1) is 11.3 Å². The lowest BCUT2D eigenvalue weighted by Gasteiger charge is -2.23. The summed E-state index contributed by atoms with van der Waals surface area (Å²) in [6.45, 7) is 5.42. The third kappa shape index (κ3) is 3.79. The van der Waals surface area contributed by atoms with E-state index in [-0.39, 0.29) is 0 Å². The largest absolute Gasteiger partial charge is 0.311 e. The fourth-order valence-corrected chi connectivity index (χ4v) is 3.51. The molecule has 2 nitrogen and oxygen atoms in total. The molecule has 1 aromatic rings. The van der Waals surface area contributed by atoms with Crippen molar-refractivity contribution in [3.05, 3.63) is 21.9 Å². The van der Waals surface area contributed by atoms with E-state index in [9.17, 15) is 0 Å². The zero-order valence-corrected chi connectivity index (χ0v) is 10.7. The van der Waals surface area contributed by atoms with Crippen molar-refractivity contribution >= 4 is 23.1 Å². The Morgan fingerprint density at radius 2 is 2.47 bits per heavy atom. The van der Waals surface area contributed by atoms with Crippen molar-refractivity contribution in [1.29, 1.82) is 0 Å². The summed E-state index contributed by atoms with van der Waals surface area (Å²) in [5.74, 6) is 2.51. The van der Waals surface area contributed by atoms with Crippen molar-refractivity contribution in [2.75, 3.05) is 24.6 Å². The molecule has 1 unspecified atom stereocenters. The second kappa shape index (κ2) is 5.89. The van der Waals surface area contributed by atoms with Gasteiger partial charge in [-0.05, 0) is 19.1 Å². The van der Waals surface area contributed by atoms with Crippen molar-refractivity contribution in [2.45, 2.75) is 19.5 Å². The number of hydrogen-bond acceptors (Lipinski definition) is 4. The molecule has 1 saturated heterocycles. The van der Waals surface area contributed by atoms with Crippen LogP contribution in [0, 0.1) is 6.92 Å². The molecule has 0 amide bonds. The lowest BCUT2D eigenvalue weighted by Crippen LogP contribution is -2.44. The Morgan fingerprint density at radius 1 is 1.53 bits per heavy atom. The minimum atomic E-state index is 0.657. The molecule has 0 aliphatic carbocycles. The van der Waals surface area contributed by atoms with E-state index in [0.717, 1.165) is 19.6 Å². The first kappa shape index (κ1) is 11.5. The van der Waals surface area contributed by atoms with Crippen molar-refractivity contribution < 1.29 is 0 Å². The van der Waals surface area contributed by atoms with E-state index in [4.69, 9.17) is 0 Å². The van der Waals surface area contributed by atoms with Gasteiger partial charge in [0.1, 0.15) is 0 Å². The van der Waals surface area contributed by atoms with Gasteiger partial charge >= 0.3 is 0 Å². The lowest BCUT2D eigenvalue weighted by atomic mass is 10.3. The van der Waals surface area contributed by atoms with E-state index in [2.05, 4.69) is 41.5 Å². The topological polar surface area (TPSA) is 24.1 Å². The number of rotatable bonds is 4. The van der Waals surface area contributed by atoms with Crippen LogP contribution in [0.15, 0.2) is 12.1 Å². The second-order valence-electron chi connectivity index (χ2n) is 3.87. The van der Waals surface area contributed by atoms with Crippen LogP contribution < -0.4 is 10.6 Å². The van der Waals surface area contributed by atoms with E-state index in [0.29, 0.717) is 6.04 Å². The smallest absolute Gasteiger partial charge is 0.0300 e. The summed E-state index contributed by atoms with van der Waals surface area (Å²) in [5, 5.41) is 7.05. The van der Waals surface area contributed by atoms with Crippen molar-refractivity contribution in [3.63, 3.8) is 0 Å². The van der Waals surface area contributed by atoms with Gasteiger partial charge in [0, 0.05) is 46.9 Å². The van der Waals surface area contributed by atoms with Gasteiger partial charge in [0.05, 0.1) is 0 Å². The van der Waals surface area contributed by atoms with Crippen LogP contribution in [0.25, 0.3) is 0 Å². The fourth-order valence-electron chi connectivity index (χ4n) is 1.70. The van der Waals surface area contributed by atoms with Crippen LogP contribution in [-0.4, -0.2) is 30.6 Å². The second-order valence-corrected chi connectivity index (χ2v) is 6.39. The monoisotopic (exact) mass is 242 g/mol. The SMILES string of the molecule is Cc1ccc(CNCC2CSCCN2)s1. The zero-order chi connectivity index (χ0) is 10.5. The van der Waals surface area contributed by atoms with Crippen LogP contribution in [0.1, 0.15) is 9.75 Å². The minimum Gasteiger partial charge on any atom is -0.311 e. The van der Waals surface area contributed by atoms with Gasteiger partial charge in [-0.1, -0.05) is 0 Å². The fraction of sp³-hybridized carbons (Fsp3) is 0.636.